The molecule has 8 nitrogen and oxygen atoms in total. The fraction of sp³-hybridized carbons (Fsp3) is 0.731. The van der Waals surface area contributed by atoms with Crippen LogP contribution in [0.1, 0.15) is 44.1 Å². The lowest BCUT2D eigenvalue weighted by Crippen LogP contribution is -2.61. The average Bonchev–Trinajstić information content (AvgIpc) is 2.90. The molecule has 0 aliphatic carbocycles. The lowest BCUT2D eigenvalue weighted by atomic mass is 9.72. The molecule has 2 bridgehead atoms. The molecule has 3 aliphatic rings. The van der Waals surface area contributed by atoms with Gasteiger partial charge in [-0.2, -0.15) is 0 Å². The number of ether oxygens (including phenoxy) is 2. The van der Waals surface area contributed by atoms with E-state index in [0.29, 0.717) is 45.4 Å². The van der Waals surface area contributed by atoms with Crippen molar-refractivity contribution in [2.24, 2.45) is 0 Å². The van der Waals surface area contributed by atoms with E-state index in [9.17, 15) is 15.0 Å². The standard InChI is InChI=1S/C26H41N3O5/c1-25-15-20(19-7-5-4-6-8-19)16-26(34-25,10-9-21(24(25)32)28(2)3)22(30)17-27-23(31)18-29-11-13-33-14-12-29/h4-8,20-22,24,30,32H,9-18H2,1-3H3,(H,27,31)/t20-,21-,22-,24+,25+,26+/m1/s1. The number of likely N-dealkylation sites (N-methyl/N-ethyl adjacent to an activating group) is 1. The highest BCUT2D eigenvalue weighted by atomic mass is 16.6. The molecule has 1 aromatic rings. The molecule has 8 heteroatoms. The van der Waals surface area contributed by atoms with E-state index in [1.807, 2.05) is 39.2 Å². The van der Waals surface area contributed by atoms with E-state index in [2.05, 4.69) is 27.2 Å². The van der Waals surface area contributed by atoms with Crippen molar-refractivity contribution >= 4 is 5.91 Å². The minimum absolute atomic E-state index is 0.0653. The molecule has 3 N–H and O–H groups in total. The Morgan fingerprint density at radius 2 is 1.94 bits per heavy atom. The first-order valence-corrected chi connectivity index (χ1v) is 12.6. The summed E-state index contributed by atoms with van der Waals surface area (Å²) in [6.45, 7) is 5.17. The first kappa shape index (κ1) is 25.5. The summed E-state index contributed by atoms with van der Waals surface area (Å²) in [5, 5.41) is 25.8. The molecule has 0 radical (unpaired) electrons. The van der Waals surface area contributed by atoms with Crippen LogP contribution in [0.25, 0.3) is 0 Å². The first-order chi connectivity index (χ1) is 16.2. The van der Waals surface area contributed by atoms with Crippen LogP contribution in [0, 0.1) is 0 Å². The zero-order chi connectivity index (χ0) is 24.3. The Labute approximate surface area is 203 Å². The summed E-state index contributed by atoms with van der Waals surface area (Å²) >= 11 is 0. The highest BCUT2D eigenvalue weighted by molar-refractivity contribution is 5.78. The molecule has 0 saturated carbocycles. The second-order valence-corrected chi connectivity index (χ2v) is 10.7. The van der Waals surface area contributed by atoms with Gasteiger partial charge in [0, 0.05) is 25.7 Å². The Hall–Kier alpha value is -1.55. The average molecular weight is 476 g/mol. The van der Waals surface area contributed by atoms with Crippen molar-refractivity contribution in [3.05, 3.63) is 35.9 Å². The van der Waals surface area contributed by atoms with E-state index in [-0.39, 0.29) is 24.4 Å². The van der Waals surface area contributed by atoms with E-state index in [4.69, 9.17) is 9.47 Å². The summed E-state index contributed by atoms with van der Waals surface area (Å²) in [6, 6.07) is 10.2. The molecule has 1 amide bonds. The third-order valence-electron chi connectivity index (χ3n) is 8.04. The number of rotatable bonds is 7. The predicted octanol–water partition coefficient (Wildman–Crippen LogP) is 0.972. The Morgan fingerprint density at radius 3 is 2.62 bits per heavy atom. The normalized spacial score (nSPS) is 35.5. The summed E-state index contributed by atoms with van der Waals surface area (Å²) in [5.41, 5.74) is -0.450. The van der Waals surface area contributed by atoms with Crippen molar-refractivity contribution in [2.45, 2.75) is 68.0 Å². The largest absolute Gasteiger partial charge is 0.388 e. The summed E-state index contributed by atoms with van der Waals surface area (Å²) in [4.78, 5) is 16.7. The maximum absolute atomic E-state index is 12.6. The van der Waals surface area contributed by atoms with Crippen LogP contribution >= 0.6 is 0 Å². The Balaban J connectivity index is 1.53. The van der Waals surface area contributed by atoms with Crippen LogP contribution in [0.4, 0.5) is 0 Å². The van der Waals surface area contributed by atoms with Gasteiger partial charge in [0.15, 0.2) is 0 Å². The number of nitrogens with one attached hydrogen (secondary N) is 1. The van der Waals surface area contributed by atoms with Gasteiger partial charge < -0.3 is 29.9 Å². The second kappa shape index (κ2) is 10.6. The molecule has 0 unspecified atom stereocenters. The Morgan fingerprint density at radius 1 is 1.24 bits per heavy atom. The van der Waals surface area contributed by atoms with Gasteiger partial charge in [0.2, 0.25) is 5.91 Å². The molecule has 3 heterocycles. The van der Waals surface area contributed by atoms with Crippen LogP contribution in [-0.2, 0) is 14.3 Å². The van der Waals surface area contributed by atoms with E-state index in [1.54, 1.807) is 0 Å². The lowest BCUT2D eigenvalue weighted by Gasteiger charge is -2.52. The SMILES string of the molecule is CN(C)[C@@H]1CC[C@@]2([C@H](O)CNC(=O)CN3CCOCC3)C[C@H](c3ccccc3)C[C@](C)(O2)[C@H]1O. The quantitative estimate of drug-likeness (QED) is 0.541. The monoisotopic (exact) mass is 475 g/mol. The maximum Gasteiger partial charge on any atom is 0.234 e. The molecule has 0 spiro atoms. The number of hydrogen-bond acceptors (Lipinski definition) is 7. The van der Waals surface area contributed by atoms with E-state index < -0.39 is 23.4 Å². The van der Waals surface area contributed by atoms with Crippen molar-refractivity contribution in [3.63, 3.8) is 0 Å². The predicted molar refractivity (Wildman–Crippen MR) is 130 cm³/mol. The molecular formula is C26H41N3O5. The number of benzene rings is 1. The minimum atomic E-state index is -0.875. The zero-order valence-electron chi connectivity index (χ0n) is 20.8. The number of morpholine rings is 1. The maximum atomic E-state index is 12.6. The minimum Gasteiger partial charge on any atom is -0.388 e. The molecule has 34 heavy (non-hydrogen) atoms. The van der Waals surface area contributed by atoms with Gasteiger partial charge in [-0.05, 0) is 58.2 Å². The van der Waals surface area contributed by atoms with Crippen LogP contribution in [-0.4, -0.2) is 109 Å². The molecular weight excluding hydrogens is 434 g/mol. The van der Waals surface area contributed by atoms with E-state index in [1.165, 1.54) is 5.56 Å². The molecule has 3 aliphatic heterocycles. The molecule has 3 fully saturated rings. The first-order valence-electron chi connectivity index (χ1n) is 12.6. The van der Waals surface area contributed by atoms with Crippen LogP contribution in [0.15, 0.2) is 30.3 Å². The number of carbonyl (C=O) groups is 1. The summed E-state index contributed by atoms with van der Waals surface area (Å²) in [6.07, 6.45) is 1.11. The van der Waals surface area contributed by atoms with Crippen molar-refractivity contribution in [1.29, 1.82) is 0 Å². The Bertz CT molecular complexity index is 818. The highest BCUT2D eigenvalue weighted by Crippen LogP contribution is 2.51. The van der Waals surface area contributed by atoms with Gasteiger partial charge in [0.25, 0.3) is 0 Å². The van der Waals surface area contributed by atoms with Gasteiger partial charge in [-0.15, -0.1) is 0 Å². The molecule has 190 valence electrons. The number of carbonyl (C=O) groups excluding carboxylic acids is 1. The smallest absolute Gasteiger partial charge is 0.234 e. The van der Waals surface area contributed by atoms with Crippen LogP contribution in [0.5, 0.6) is 0 Å². The molecule has 1 aromatic carbocycles. The third-order valence-corrected chi connectivity index (χ3v) is 8.04. The van der Waals surface area contributed by atoms with E-state index >= 15 is 0 Å². The van der Waals surface area contributed by atoms with Crippen molar-refractivity contribution in [2.75, 3.05) is 53.5 Å². The number of amides is 1. The van der Waals surface area contributed by atoms with Crippen molar-refractivity contribution < 1.29 is 24.5 Å². The molecule has 6 atom stereocenters. The Kier molecular flexibility index (Phi) is 7.96. The molecule has 3 saturated heterocycles. The van der Waals surface area contributed by atoms with Gasteiger partial charge in [-0.3, -0.25) is 9.69 Å². The van der Waals surface area contributed by atoms with Gasteiger partial charge in [-0.25, -0.2) is 0 Å². The van der Waals surface area contributed by atoms with Crippen LogP contribution < -0.4 is 5.32 Å². The fourth-order valence-corrected chi connectivity index (χ4v) is 6.10. The number of hydrogen-bond donors (Lipinski definition) is 3. The summed E-state index contributed by atoms with van der Waals surface area (Å²) in [7, 11) is 3.96. The van der Waals surface area contributed by atoms with Crippen molar-refractivity contribution in [1.82, 2.24) is 15.1 Å². The second-order valence-electron chi connectivity index (χ2n) is 10.7. The molecule has 4 rings (SSSR count). The van der Waals surface area contributed by atoms with Crippen LogP contribution in [0.2, 0.25) is 0 Å². The van der Waals surface area contributed by atoms with Gasteiger partial charge in [0.05, 0.1) is 37.1 Å². The zero-order valence-corrected chi connectivity index (χ0v) is 20.8. The van der Waals surface area contributed by atoms with Crippen LogP contribution in [0.3, 0.4) is 0 Å². The van der Waals surface area contributed by atoms with E-state index in [0.717, 1.165) is 13.1 Å². The van der Waals surface area contributed by atoms with Crippen molar-refractivity contribution in [3.8, 4) is 0 Å². The fourth-order valence-electron chi connectivity index (χ4n) is 6.10. The van der Waals surface area contributed by atoms with Gasteiger partial charge in [0.1, 0.15) is 6.10 Å². The summed E-state index contributed by atoms with van der Waals surface area (Å²) < 4.78 is 12.1. The summed E-state index contributed by atoms with van der Waals surface area (Å²) in [5.74, 6) is 0.0459. The number of fused-ring (bicyclic) bond motifs is 2. The number of aliphatic hydroxyl groups is 2. The third kappa shape index (κ3) is 5.48. The molecule has 0 aromatic heterocycles. The van der Waals surface area contributed by atoms with Gasteiger partial charge >= 0.3 is 0 Å². The lowest BCUT2D eigenvalue weighted by molar-refractivity contribution is -0.250. The highest BCUT2D eigenvalue weighted by Gasteiger charge is 2.57. The number of aliphatic hydroxyl groups excluding tert-OH is 2. The topological polar surface area (TPSA) is 94.5 Å². The number of nitrogens with zero attached hydrogens (tertiary/aromatic N) is 2. The van der Waals surface area contributed by atoms with Gasteiger partial charge in [-0.1, -0.05) is 30.3 Å².